The number of nitrogens with one attached hydrogen (secondary N) is 1. The van der Waals surface area contributed by atoms with Gasteiger partial charge >= 0.3 is 11.7 Å². The van der Waals surface area contributed by atoms with Crippen molar-refractivity contribution >= 4 is 5.97 Å². The van der Waals surface area contributed by atoms with Crippen molar-refractivity contribution in [3.05, 3.63) is 88.1 Å². The van der Waals surface area contributed by atoms with Crippen LogP contribution in [-0.2, 0) is 4.79 Å². The lowest BCUT2D eigenvalue weighted by Crippen LogP contribution is -2.29. The van der Waals surface area contributed by atoms with Crippen LogP contribution in [0.5, 0.6) is 0 Å². The van der Waals surface area contributed by atoms with E-state index in [9.17, 15) is 14.7 Å². The molecular weight excluding hydrogens is 306 g/mol. The first-order chi connectivity index (χ1) is 11.6. The van der Waals surface area contributed by atoms with Gasteiger partial charge in [-0.3, -0.25) is 4.57 Å². The number of carbonyl (C=O) groups is 1. The topological polar surface area (TPSA) is 88.0 Å². The van der Waals surface area contributed by atoms with E-state index in [1.807, 2.05) is 60.7 Å². The predicted octanol–water partition coefficient (Wildman–Crippen LogP) is 2.40. The van der Waals surface area contributed by atoms with Crippen LogP contribution in [0, 0.1) is 0 Å². The molecular formula is C18H17N3O3. The number of aromatic nitrogens is 3. The van der Waals surface area contributed by atoms with E-state index in [1.165, 1.54) is 11.5 Å². The van der Waals surface area contributed by atoms with Crippen LogP contribution in [0.15, 0.2) is 65.5 Å². The minimum Gasteiger partial charge on any atom is -0.480 e. The van der Waals surface area contributed by atoms with Crippen LogP contribution >= 0.6 is 0 Å². The number of aliphatic carboxylic acids is 1. The molecule has 0 fully saturated rings. The van der Waals surface area contributed by atoms with E-state index in [0.29, 0.717) is 5.82 Å². The van der Waals surface area contributed by atoms with Crippen molar-refractivity contribution in [3.63, 3.8) is 0 Å². The molecule has 1 aromatic heterocycles. The summed E-state index contributed by atoms with van der Waals surface area (Å²) in [5.74, 6) is -1.04. The summed E-state index contributed by atoms with van der Waals surface area (Å²) in [5, 5.41) is 15.8. The first kappa shape index (κ1) is 15.7. The average Bonchev–Trinajstić information content (AvgIpc) is 2.97. The zero-order chi connectivity index (χ0) is 17.1. The lowest BCUT2D eigenvalue weighted by molar-refractivity contribution is -0.140. The van der Waals surface area contributed by atoms with Crippen molar-refractivity contribution in [3.8, 4) is 0 Å². The summed E-state index contributed by atoms with van der Waals surface area (Å²) in [4.78, 5) is 23.5. The monoisotopic (exact) mass is 323 g/mol. The van der Waals surface area contributed by atoms with E-state index in [2.05, 4.69) is 10.2 Å². The molecule has 0 amide bonds. The predicted molar refractivity (Wildman–Crippen MR) is 89.0 cm³/mol. The van der Waals surface area contributed by atoms with Crippen LogP contribution in [0.2, 0.25) is 0 Å². The van der Waals surface area contributed by atoms with Crippen molar-refractivity contribution in [2.45, 2.75) is 18.9 Å². The molecule has 1 atom stereocenters. The van der Waals surface area contributed by atoms with E-state index >= 15 is 0 Å². The van der Waals surface area contributed by atoms with Gasteiger partial charge in [0.1, 0.15) is 11.9 Å². The van der Waals surface area contributed by atoms with Gasteiger partial charge in [0.05, 0.1) is 5.92 Å². The second kappa shape index (κ2) is 6.54. The fraction of sp³-hybridized carbons (Fsp3) is 0.167. The fourth-order valence-electron chi connectivity index (χ4n) is 2.79. The third-order valence-corrected chi connectivity index (χ3v) is 4.00. The van der Waals surface area contributed by atoms with Gasteiger partial charge in [-0.25, -0.2) is 14.7 Å². The number of aromatic amines is 1. The molecule has 1 heterocycles. The zero-order valence-electron chi connectivity index (χ0n) is 13.1. The lowest BCUT2D eigenvalue weighted by Gasteiger charge is -2.19. The van der Waals surface area contributed by atoms with Crippen molar-refractivity contribution in [1.82, 2.24) is 14.8 Å². The highest BCUT2D eigenvalue weighted by Gasteiger charge is 2.28. The van der Waals surface area contributed by atoms with Crippen molar-refractivity contribution < 1.29 is 9.90 Å². The van der Waals surface area contributed by atoms with Crippen LogP contribution in [0.4, 0.5) is 0 Å². The quantitative estimate of drug-likeness (QED) is 0.754. The second-order valence-electron chi connectivity index (χ2n) is 5.53. The molecule has 0 bridgehead atoms. The third-order valence-electron chi connectivity index (χ3n) is 4.00. The molecule has 0 aliphatic carbocycles. The molecule has 0 unspecified atom stereocenters. The smallest absolute Gasteiger partial charge is 0.344 e. The van der Waals surface area contributed by atoms with Gasteiger partial charge in [-0.2, -0.15) is 5.10 Å². The Kier molecular flexibility index (Phi) is 4.29. The number of hydrogen-bond acceptors (Lipinski definition) is 3. The van der Waals surface area contributed by atoms with Gasteiger partial charge in [-0.15, -0.1) is 0 Å². The molecule has 0 aliphatic rings. The Bertz CT molecular complexity index is 845. The molecule has 3 rings (SSSR count). The third kappa shape index (κ3) is 2.86. The number of carboxylic acid groups (broad SMARTS) is 1. The van der Waals surface area contributed by atoms with E-state index in [4.69, 9.17) is 0 Å². The Balaban J connectivity index is 2.22. The SMILES string of the molecule is C[C@@H](C(=O)O)n1c(C(c2ccccc2)c2ccccc2)n[nH]c1=O. The molecule has 0 saturated heterocycles. The Morgan fingerprint density at radius 3 is 2.00 bits per heavy atom. The fourth-order valence-corrected chi connectivity index (χ4v) is 2.79. The number of benzene rings is 2. The van der Waals surface area contributed by atoms with Crippen LogP contribution in [0.3, 0.4) is 0 Å². The second-order valence-corrected chi connectivity index (χ2v) is 5.53. The summed E-state index contributed by atoms with van der Waals surface area (Å²) >= 11 is 0. The summed E-state index contributed by atoms with van der Waals surface area (Å²) in [7, 11) is 0. The van der Waals surface area contributed by atoms with Gasteiger partial charge in [-0.1, -0.05) is 60.7 Å². The van der Waals surface area contributed by atoms with Gasteiger partial charge in [0.25, 0.3) is 0 Å². The minimum absolute atomic E-state index is 0.340. The highest BCUT2D eigenvalue weighted by Crippen LogP contribution is 2.30. The van der Waals surface area contributed by atoms with E-state index in [0.717, 1.165) is 11.1 Å². The largest absolute Gasteiger partial charge is 0.480 e. The number of nitrogens with zero attached hydrogens (tertiary/aromatic N) is 2. The summed E-state index contributed by atoms with van der Waals surface area (Å²) in [6, 6.07) is 18.2. The minimum atomic E-state index is -1.08. The van der Waals surface area contributed by atoms with Crippen molar-refractivity contribution in [2.75, 3.05) is 0 Å². The van der Waals surface area contributed by atoms with Crippen LogP contribution in [-0.4, -0.2) is 25.8 Å². The van der Waals surface area contributed by atoms with Gasteiger partial charge < -0.3 is 5.11 Å². The molecule has 0 aliphatic heterocycles. The molecule has 24 heavy (non-hydrogen) atoms. The summed E-state index contributed by atoms with van der Waals surface area (Å²) in [6.07, 6.45) is 0. The molecule has 0 radical (unpaired) electrons. The first-order valence-corrected chi connectivity index (χ1v) is 7.59. The zero-order valence-corrected chi connectivity index (χ0v) is 13.1. The highest BCUT2D eigenvalue weighted by molar-refractivity contribution is 5.71. The van der Waals surface area contributed by atoms with E-state index in [1.54, 1.807) is 0 Å². The summed E-state index contributed by atoms with van der Waals surface area (Å²) in [6.45, 7) is 1.47. The Morgan fingerprint density at radius 2 is 1.54 bits per heavy atom. The van der Waals surface area contributed by atoms with E-state index in [-0.39, 0.29) is 5.92 Å². The van der Waals surface area contributed by atoms with Gasteiger partial charge in [0.2, 0.25) is 0 Å². The van der Waals surface area contributed by atoms with Crippen molar-refractivity contribution in [1.29, 1.82) is 0 Å². The molecule has 0 saturated carbocycles. The molecule has 2 N–H and O–H groups in total. The summed E-state index contributed by atoms with van der Waals surface area (Å²) in [5.41, 5.74) is 1.33. The van der Waals surface area contributed by atoms with E-state index < -0.39 is 17.7 Å². The summed E-state index contributed by atoms with van der Waals surface area (Å²) < 4.78 is 1.20. The van der Waals surface area contributed by atoms with Crippen LogP contribution in [0.1, 0.15) is 35.8 Å². The number of H-pyrrole nitrogens is 1. The highest BCUT2D eigenvalue weighted by atomic mass is 16.4. The number of hydrogen-bond donors (Lipinski definition) is 2. The Hall–Kier alpha value is -3.15. The van der Waals surface area contributed by atoms with Crippen LogP contribution < -0.4 is 5.69 Å². The van der Waals surface area contributed by atoms with Gasteiger partial charge in [0, 0.05) is 0 Å². The maximum atomic E-state index is 12.1. The van der Waals surface area contributed by atoms with Crippen LogP contribution in [0.25, 0.3) is 0 Å². The maximum Gasteiger partial charge on any atom is 0.344 e. The first-order valence-electron chi connectivity index (χ1n) is 7.59. The molecule has 122 valence electrons. The number of carboxylic acids is 1. The van der Waals surface area contributed by atoms with Gasteiger partial charge in [0.15, 0.2) is 0 Å². The Labute approximate surface area is 138 Å². The molecule has 6 nitrogen and oxygen atoms in total. The Morgan fingerprint density at radius 1 is 1.04 bits per heavy atom. The molecule has 3 aromatic rings. The molecule has 6 heteroatoms. The molecule has 0 spiro atoms. The number of rotatable bonds is 5. The average molecular weight is 323 g/mol. The lowest BCUT2D eigenvalue weighted by atomic mass is 9.90. The normalized spacial score (nSPS) is 12.2. The molecule has 2 aromatic carbocycles. The standard InChI is InChI=1S/C18H17N3O3/c1-12(17(22)23)21-16(19-20-18(21)24)15(13-8-4-2-5-9-13)14-10-6-3-7-11-14/h2-12,15H,1H3,(H,20,24)(H,22,23)/t12-/m0/s1. The van der Waals surface area contributed by atoms with Crippen molar-refractivity contribution in [2.24, 2.45) is 0 Å². The van der Waals surface area contributed by atoms with Gasteiger partial charge in [-0.05, 0) is 18.1 Å². The maximum absolute atomic E-state index is 12.1.